The van der Waals surface area contributed by atoms with E-state index in [4.69, 9.17) is 0 Å². The first-order valence-electron chi connectivity index (χ1n) is 7.61. The zero-order chi connectivity index (χ0) is 13.7. The number of hydrogen-bond donors (Lipinski definition) is 1. The predicted octanol–water partition coefficient (Wildman–Crippen LogP) is 2.26. The summed E-state index contributed by atoms with van der Waals surface area (Å²) in [5.74, 6) is 0. The van der Waals surface area contributed by atoms with Crippen LogP contribution in [0, 0.1) is 0 Å². The molecule has 0 unspecified atom stereocenters. The summed E-state index contributed by atoms with van der Waals surface area (Å²) in [6.45, 7) is 4.32. The second-order valence-corrected chi connectivity index (χ2v) is 5.79. The van der Waals surface area contributed by atoms with E-state index in [-0.39, 0.29) is 0 Å². The molecule has 19 heavy (non-hydrogen) atoms. The quantitative estimate of drug-likeness (QED) is 0.855. The molecule has 1 fully saturated rings. The van der Waals surface area contributed by atoms with E-state index in [2.05, 4.69) is 40.8 Å². The van der Waals surface area contributed by atoms with Crippen LogP contribution in [0.5, 0.6) is 0 Å². The Labute approximate surface area is 117 Å². The second-order valence-electron chi connectivity index (χ2n) is 5.79. The number of aromatic nitrogens is 2. The van der Waals surface area contributed by atoms with Gasteiger partial charge in [-0.25, -0.2) is 4.98 Å². The van der Waals surface area contributed by atoms with E-state index in [1.165, 1.54) is 37.8 Å². The van der Waals surface area contributed by atoms with Gasteiger partial charge < -0.3 is 9.88 Å². The molecule has 0 saturated heterocycles. The maximum absolute atomic E-state index is 4.29. The number of imidazole rings is 1. The van der Waals surface area contributed by atoms with Crippen LogP contribution in [-0.2, 0) is 13.1 Å². The maximum atomic E-state index is 4.29. The molecular weight excluding hydrogens is 236 g/mol. The summed E-state index contributed by atoms with van der Waals surface area (Å²) in [6.07, 6.45) is 10.4. The van der Waals surface area contributed by atoms with Gasteiger partial charge in [-0.05, 0) is 46.2 Å². The second kappa shape index (κ2) is 7.06. The third-order valence-corrected chi connectivity index (χ3v) is 4.40. The monoisotopic (exact) mass is 264 g/mol. The minimum absolute atomic E-state index is 0.731. The smallest absolute Gasteiger partial charge is 0.0948 e. The SMILES string of the molecule is CCCn1cncc1CN(C)C1CCC(NC)CC1. The maximum Gasteiger partial charge on any atom is 0.0948 e. The summed E-state index contributed by atoms with van der Waals surface area (Å²) in [4.78, 5) is 6.80. The van der Waals surface area contributed by atoms with Crippen molar-refractivity contribution in [1.82, 2.24) is 19.8 Å². The van der Waals surface area contributed by atoms with Gasteiger partial charge in [0, 0.05) is 31.4 Å². The molecule has 1 aliphatic rings. The van der Waals surface area contributed by atoms with Gasteiger partial charge in [0.1, 0.15) is 0 Å². The van der Waals surface area contributed by atoms with Gasteiger partial charge in [-0.2, -0.15) is 0 Å². The van der Waals surface area contributed by atoms with Crippen LogP contribution in [0.2, 0.25) is 0 Å². The van der Waals surface area contributed by atoms with Crippen LogP contribution < -0.4 is 5.32 Å². The lowest BCUT2D eigenvalue weighted by Crippen LogP contribution is -2.39. The number of aryl methyl sites for hydroxylation is 1. The topological polar surface area (TPSA) is 33.1 Å². The first-order valence-corrected chi connectivity index (χ1v) is 7.61. The van der Waals surface area contributed by atoms with Gasteiger partial charge in [-0.3, -0.25) is 4.90 Å². The van der Waals surface area contributed by atoms with Gasteiger partial charge in [-0.15, -0.1) is 0 Å². The average Bonchev–Trinajstić information content (AvgIpc) is 2.86. The van der Waals surface area contributed by atoms with E-state index in [0.29, 0.717) is 0 Å². The highest BCUT2D eigenvalue weighted by molar-refractivity contribution is 4.99. The van der Waals surface area contributed by atoms with Gasteiger partial charge in [0.15, 0.2) is 0 Å². The van der Waals surface area contributed by atoms with E-state index in [9.17, 15) is 0 Å². The van der Waals surface area contributed by atoms with Crippen molar-refractivity contribution >= 4 is 0 Å². The van der Waals surface area contributed by atoms with E-state index >= 15 is 0 Å². The van der Waals surface area contributed by atoms with Crippen molar-refractivity contribution in [3.05, 3.63) is 18.2 Å². The molecule has 1 aromatic heterocycles. The van der Waals surface area contributed by atoms with Gasteiger partial charge in [0.25, 0.3) is 0 Å². The predicted molar refractivity (Wildman–Crippen MR) is 79.1 cm³/mol. The van der Waals surface area contributed by atoms with Crippen LogP contribution in [0.4, 0.5) is 0 Å². The summed E-state index contributed by atoms with van der Waals surface area (Å²) < 4.78 is 2.29. The Balaban J connectivity index is 1.87. The van der Waals surface area contributed by atoms with Crippen LogP contribution in [0.15, 0.2) is 12.5 Å². The molecule has 2 rings (SSSR count). The van der Waals surface area contributed by atoms with Crippen molar-refractivity contribution in [3.8, 4) is 0 Å². The standard InChI is InChI=1S/C15H28N4/c1-4-9-19-12-17-10-15(19)11-18(3)14-7-5-13(16-2)6-8-14/h10,12-14,16H,4-9,11H2,1-3H3. The molecule has 4 nitrogen and oxygen atoms in total. The van der Waals surface area contributed by atoms with E-state index in [1.807, 2.05) is 12.5 Å². The van der Waals surface area contributed by atoms with Crippen molar-refractivity contribution in [2.75, 3.05) is 14.1 Å². The number of nitrogens with one attached hydrogen (secondary N) is 1. The molecule has 0 spiro atoms. The molecule has 1 saturated carbocycles. The molecule has 1 N–H and O–H groups in total. The normalized spacial score (nSPS) is 24.0. The van der Waals surface area contributed by atoms with E-state index in [1.54, 1.807) is 0 Å². The summed E-state index contributed by atoms with van der Waals surface area (Å²) in [5, 5.41) is 3.40. The lowest BCUT2D eigenvalue weighted by Gasteiger charge is -2.34. The fraction of sp³-hybridized carbons (Fsp3) is 0.800. The molecule has 0 radical (unpaired) electrons. The molecule has 1 aliphatic carbocycles. The molecule has 108 valence electrons. The first kappa shape index (κ1) is 14.5. The van der Waals surface area contributed by atoms with Crippen LogP contribution in [0.3, 0.4) is 0 Å². The Hall–Kier alpha value is -0.870. The van der Waals surface area contributed by atoms with Gasteiger partial charge in [0.05, 0.1) is 12.0 Å². The number of nitrogens with zero attached hydrogens (tertiary/aromatic N) is 3. The molecular formula is C15H28N4. The van der Waals surface area contributed by atoms with Crippen molar-refractivity contribution in [2.24, 2.45) is 0 Å². The highest BCUT2D eigenvalue weighted by atomic mass is 15.2. The van der Waals surface area contributed by atoms with Gasteiger partial charge in [0.2, 0.25) is 0 Å². The Kier molecular flexibility index (Phi) is 5.40. The Morgan fingerprint density at radius 3 is 2.74 bits per heavy atom. The van der Waals surface area contributed by atoms with Crippen LogP contribution in [-0.4, -0.2) is 40.6 Å². The molecule has 1 heterocycles. The molecule has 0 aromatic carbocycles. The molecule has 0 amide bonds. The Morgan fingerprint density at radius 1 is 1.37 bits per heavy atom. The molecule has 1 aromatic rings. The summed E-state index contributed by atoms with van der Waals surface area (Å²) >= 11 is 0. The molecule has 0 aliphatic heterocycles. The molecule has 0 atom stereocenters. The summed E-state index contributed by atoms with van der Waals surface area (Å²) in [5.41, 5.74) is 1.35. The summed E-state index contributed by atoms with van der Waals surface area (Å²) in [6, 6.07) is 1.46. The third kappa shape index (κ3) is 3.80. The average molecular weight is 264 g/mol. The van der Waals surface area contributed by atoms with Crippen molar-refractivity contribution in [2.45, 2.75) is 64.2 Å². The van der Waals surface area contributed by atoms with Gasteiger partial charge in [-0.1, -0.05) is 6.92 Å². The summed E-state index contributed by atoms with van der Waals surface area (Å²) in [7, 11) is 4.34. The fourth-order valence-electron chi connectivity index (χ4n) is 3.11. The van der Waals surface area contributed by atoms with Gasteiger partial charge >= 0.3 is 0 Å². The van der Waals surface area contributed by atoms with Crippen molar-refractivity contribution in [3.63, 3.8) is 0 Å². The minimum atomic E-state index is 0.731. The Morgan fingerprint density at radius 2 is 2.11 bits per heavy atom. The van der Waals surface area contributed by atoms with Crippen LogP contribution in [0.1, 0.15) is 44.7 Å². The molecule has 0 bridgehead atoms. The highest BCUT2D eigenvalue weighted by Gasteiger charge is 2.23. The molecule has 4 heteroatoms. The Bertz CT molecular complexity index is 366. The fourth-order valence-corrected chi connectivity index (χ4v) is 3.11. The van der Waals surface area contributed by atoms with Crippen molar-refractivity contribution in [1.29, 1.82) is 0 Å². The third-order valence-electron chi connectivity index (χ3n) is 4.40. The van der Waals surface area contributed by atoms with E-state index < -0.39 is 0 Å². The largest absolute Gasteiger partial charge is 0.333 e. The minimum Gasteiger partial charge on any atom is -0.333 e. The first-order chi connectivity index (χ1) is 9.24. The zero-order valence-electron chi connectivity index (χ0n) is 12.6. The lowest BCUT2D eigenvalue weighted by molar-refractivity contribution is 0.166. The van der Waals surface area contributed by atoms with Crippen LogP contribution in [0.25, 0.3) is 0 Å². The van der Waals surface area contributed by atoms with E-state index in [0.717, 1.165) is 25.2 Å². The van der Waals surface area contributed by atoms with Crippen LogP contribution >= 0.6 is 0 Å². The zero-order valence-corrected chi connectivity index (χ0v) is 12.6. The lowest BCUT2D eigenvalue weighted by atomic mass is 9.90. The van der Waals surface area contributed by atoms with Crippen molar-refractivity contribution < 1.29 is 0 Å². The number of rotatable bonds is 6. The number of hydrogen-bond acceptors (Lipinski definition) is 3. The highest BCUT2D eigenvalue weighted by Crippen LogP contribution is 2.23.